The van der Waals surface area contributed by atoms with Crippen molar-refractivity contribution in [2.45, 2.75) is 57.8 Å². The first-order valence-electron chi connectivity index (χ1n) is 11.4. The van der Waals surface area contributed by atoms with Gasteiger partial charge in [-0.15, -0.1) is 0 Å². The number of benzene rings is 2. The monoisotopic (exact) mass is 422 g/mol. The quantitative estimate of drug-likeness (QED) is 0.535. The van der Waals surface area contributed by atoms with Crippen molar-refractivity contribution in [3.63, 3.8) is 0 Å². The van der Waals surface area contributed by atoms with E-state index in [-0.39, 0.29) is 5.91 Å². The summed E-state index contributed by atoms with van der Waals surface area (Å²) >= 11 is 0. The molecule has 0 radical (unpaired) electrons. The molecule has 166 valence electrons. The molecule has 0 saturated heterocycles. The van der Waals surface area contributed by atoms with Crippen LogP contribution in [0, 0.1) is 5.92 Å². The maximum absolute atomic E-state index is 12.9. The molecular formula is C26H34N2O3. The van der Waals surface area contributed by atoms with Crippen molar-refractivity contribution in [3.05, 3.63) is 59.7 Å². The van der Waals surface area contributed by atoms with E-state index in [1.165, 1.54) is 25.7 Å². The van der Waals surface area contributed by atoms with Crippen LogP contribution in [0.15, 0.2) is 48.5 Å². The molecule has 5 heteroatoms. The zero-order valence-electron chi connectivity index (χ0n) is 18.9. The molecule has 0 spiro atoms. The Balaban J connectivity index is 1.34. The van der Waals surface area contributed by atoms with Crippen molar-refractivity contribution in [1.29, 1.82) is 0 Å². The summed E-state index contributed by atoms with van der Waals surface area (Å²) in [6, 6.07) is 17.1. The average Bonchev–Trinajstić information content (AvgIpc) is 3.69. The van der Waals surface area contributed by atoms with Gasteiger partial charge in [0.25, 0.3) is 0 Å². The van der Waals surface area contributed by atoms with Gasteiger partial charge in [-0.1, -0.05) is 36.4 Å². The van der Waals surface area contributed by atoms with Gasteiger partial charge in [0.05, 0.1) is 13.7 Å². The van der Waals surface area contributed by atoms with Crippen LogP contribution in [-0.4, -0.2) is 48.5 Å². The van der Waals surface area contributed by atoms with Gasteiger partial charge in [-0.25, -0.2) is 0 Å². The molecule has 2 fully saturated rings. The smallest absolute Gasteiger partial charge is 0.236 e. The van der Waals surface area contributed by atoms with Crippen molar-refractivity contribution in [3.8, 4) is 11.5 Å². The number of hydrogen-bond acceptors (Lipinski definition) is 4. The Bertz CT molecular complexity index is 877. The van der Waals surface area contributed by atoms with Crippen LogP contribution in [0.25, 0.3) is 0 Å². The lowest BCUT2D eigenvalue weighted by atomic mass is 10.1. The Kier molecular flexibility index (Phi) is 6.81. The average molecular weight is 423 g/mol. The summed E-state index contributed by atoms with van der Waals surface area (Å²) in [7, 11) is 3.54. The van der Waals surface area contributed by atoms with Gasteiger partial charge in [-0.2, -0.15) is 0 Å². The molecule has 0 N–H and O–H groups in total. The number of carbonyl (C=O) groups is 1. The van der Waals surface area contributed by atoms with E-state index in [1.54, 1.807) is 7.11 Å². The van der Waals surface area contributed by atoms with Crippen molar-refractivity contribution in [1.82, 2.24) is 9.80 Å². The summed E-state index contributed by atoms with van der Waals surface area (Å²) in [4.78, 5) is 17.2. The highest BCUT2D eigenvalue weighted by Crippen LogP contribution is 2.39. The van der Waals surface area contributed by atoms with Crippen LogP contribution >= 0.6 is 0 Å². The molecule has 2 aliphatic rings. The third kappa shape index (κ3) is 5.79. The van der Waals surface area contributed by atoms with Crippen LogP contribution in [0.1, 0.15) is 43.7 Å². The fourth-order valence-electron chi connectivity index (χ4n) is 4.17. The lowest BCUT2D eigenvalue weighted by Gasteiger charge is -2.30. The molecule has 2 saturated carbocycles. The normalized spacial score (nSPS) is 16.8. The van der Waals surface area contributed by atoms with E-state index in [0.717, 1.165) is 17.0 Å². The minimum Gasteiger partial charge on any atom is -0.493 e. The maximum Gasteiger partial charge on any atom is 0.236 e. The number of likely N-dealkylation sites (N-methyl/N-ethyl adjacent to an activating group) is 1. The van der Waals surface area contributed by atoms with Gasteiger partial charge < -0.3 is 14.4 Å². The highest BCUT2D eigenvalue weighted by atomic mass is 16.5. The first-order chi connectivity index (χ1) is 15.0. The van der Waals surface area contributed by atoms with Crippen LogP contribution in [-0.2, 0) is 17.9 Å². The van der Waals surface area contributed by atoms with Crippen molar-refractivity contribution >= 4 is 5.91 Å². The van der Waals surface area contributed by atoms with E-state index in [0.29, 0.717) is 43.3 Å². The first kappa shape index (κ1) is 21.7. The summed E-state index contributed by atoms with van der Waals surface area (Å²) in [6.45, 7) is 3.87. The lowest BCUT2D eigenvalue weighted by Crippen LogP contribution is -2.44. The fraction of sp³-hybridized carbons (Fsp3) is 0.500. The molecule has 5 nitrogen and oxygen atoms in total. The number of methoxy groups -OCH3 is 1. The van der Waals surface area contributed by atoms with E-state index in [9.17, 15) is 4.79 Å². The second-order valence-electron chi connectivity index (χ2n) is 8.99. The standard InChI is InChI=1S/C26H34N2O3/c1-19(22-10-11-22)28(23-12-13-23)17-26(29)27(2)16-21-9-14-24(25(15-21)30-3)31-18-20-7-5-4-6-8-20/h4-9,14-15,19,22-23H,10-13,16-18H2,1-3H3. The predicted molar refractivity (Wildman–Crippen MR) is 122 cm³/mol. The van der Waals surface area contributed by atoms with Gasteiger partial charge in [0, 0.05) is 25.7 Å². The van der Waals surface area contributed by atoms with Crippen LogP contribution in [0.3, 0.4) is 0 Å². The Morgan fingerprint density at radius 1 is 1.03 bits per heavy atom. The number of nitrogens with zero attached hydrogens (tertiary/aromatic N) is 2. The topological polar surface area (TPSA) is 42.0 Å². The van der Waals surface area contributed by atoms with E-state index in [1.807, 2.05) is 60.5 Å². The molecule has 0 heterocycles. The van der Waals surface area contributed by atoms with Crippen LogP contribution in [0.2, 0.25) is 0 Å². The van der Waals surface area contributed by atoms with Crippen LogP contribution in [0.4, 0.5) is 0 Å². The second-order valence-corrected chi connectivity index (χ2v) is 8.99. The Labute approximate surface area is 185 Å². The van der Waals surface area contributed by atoms with Crippen molar-refractivity contribution in [2.75, 3.05) is 20.7 Å². The van der Waals surface area contributed by atoms with Gasteiger partial charge in [-0.3, -0.25) is 9.69 Å². The number of ether oxygens (including phenoxy) is 2. The molecule has 2 aromatic rings. The molecule has 0 bridgehead atoms. The van der Waals surface area contributed by atoms with Crippen molar-refractivity contribution < 1.29 is 14.3 Å². The third-order valence-corrected chi connectivity index (χ3v) is 6.47. The number of rotatable bonds is 11. The molecule has 2 aromatic carbocycles. The first-order valence-corrected chi connectivity index (χ1v) is 11.4. The number of hydrogen-bond donors (Lipinski definition) is 0. The van der Waals surface area contributed by atoms with Gasteiger partial charge in [0.1, 0.15) is 6.61 Å². The zero-order valence-corrected chi connectivity index (χ0v) is 18.9. The minimum atomic E-state index is 0.183. The van der Waals surface area contributed by atoms with Crippen molar-refractivity contribution in [2.24, 2.45) is 5.92 Å². The van der Waals surface area contributed by atoms with Crippen LogP contribution < -0.4 is 9.47 Å². The summed E-state index contributed by atoms with van der Waals surface area (Å²) in [5.74, 6) is 2.37. The largest absolute Gasteiger partial charge is 0.493 e. The molecule has 4 rings (SSSR count). The van der Waals surface area contributed by atoms with E-state index >= 15 is 0 Å². The Morgan fingerprint density at radius 3 is 2.42 bits per heavy atom. The Morgan fingerprint density at radius 2 is 1.77 bits per heavy atom. The second kappa shape index (κ2) is 9.73. The third-order valence-electron chi connectivity index (χ3n) is 6.47. The maximum atomic E-state index is 12.9. The molecule has 1 unspecified atom stereocenters. The van der Waals surface area contributed by atoms with E-state index in [4.69, 9.17) is 9.47 Å². The SMILES string of the molecule is COc1cc(CN(C)C(=O)CN(C2CC2)C(C)C2CC2)ccc1OCc1ccccc1. The number of carbonyl (C=O) groups excluding carboxylic acids is 1. The van der Waals surface area contributed by atoms with E-state index in [2.05, 4.69) is 11.8 Å². The fourth-order valence-corrected chi connectivity index (χ4v) is 4.17. The van der Waals surface area contributed by atoms with Crippen LogP contribution in [0.5, 0.6) is 11.5 Å². The summed E-state index contributed by atoms with van der Waals surface area (Å²) in [5.41, 5.74) is 2.15. The van der Waals surface area contributed by atoms with Gasteiger partial charge in [0.15, 0.2) is 11.5 Å². The molecule has 31 heavy (non-hydrogen) atoms. The molecule has 2 aliphatic carbocycles. The highest BCUT2D eigenvalue weighted by Gasteiger charge is 2.40. The lowest BCUT2D eigenvalue weighted by molar-refractivity contribution is -0.132. The summed E-state index contributed by atoms with van der Waals surface area (Å²) in [5, 5.41) is 0. The van der Waals surface area contributed by atoms with Gasteiger partial charge >= 0.3 is 0 Å². The van der Waals surface area contributed by atoms with Gasteiger partial charge in [-0.05, 0) is 61.8 Å². The predicted octanol–water partition coefficient (Wildman–Crippen LogP) is 4.50. The van der Waals surface area contributed by atoms with E-state index < -0.39 is 0 Å². The summed E-state index contributed by atoms with van der Waals surface area (Å²) < 4.78 is 11.5. The molecule has 1 amide bonds. The number of amides is 1. The Hall–Kier alpha value is -2.53. The molecular weight excluding hydrogens is 388 g/mol. The highest BCUT2D eigenvalue weighted by molar-refractivity contribution is 5.78. The molecule has 0 aromatic heterocycles. The zero-order chi connectivity index (χ0) is 21.8. The summed E-state index contributed by atoms with van der Waals surface area (Å²) in [6.07, 6.45) is 5.09. The molecule has 1 atom stereocenters. The minimum absolute atomic E-state index is 0.183. The molecule has 0 aliphatic heterocycles. The van der Waals surface area contributed by atoms with Gasteiger partial charge in [0.2, 0.25) is 5.91 Å².